The van der Waals surface area contributed by atoms with Gasteiger partial charge in [-0.3, -0.25) is 0 Å². The zero-order valence-electron chi connectivity index (χ0n) is 13.6. The second kappa shape index (κ2) is 6.87. The number of aromatic hydroxyl groups is 2. The first-order valence-electron chi connectivity index (χ1n) is 7.59. The largest absolute Gasteiger partial charge is 0.506 e. The Hall–Kier alpha value is -3.98. The molecule has 0 aromatic heterocycles. The van der Waals surface area contributed by atoms with Crippen LogP contribution >= 0.6 is 0 Å². The van der Waals surface area contributed by atoms with E-state index >= 15 is 0 Å². The van der Waals surface area contributed by atoms with Gasteiger partial charge in [-0.25, -0.2) is 0 Å². The average Bonchev–Trinajstić information content (AvgIpc) is 2.61. The normalized spacial score (nSPS) is 10.1. The molecule has 0 aliphatic rings. The SMILES string of the molecule is C#Cc1cc(Oc2ccc(N)c(O)c2)cc(Oc2ccc(N)c(O)c2)c1. The van der Waals surface area contributed by atoms with Crippen LogP contribution in [-0.4, -0.2) is 10.2 Å². The van der Waals surface area contributed by atoms with Gasteiger partial charge in [0.05, 0.1) is 11.4 Å². The van der Waals surface area contributed by atoms with E-state index in [0.29, 0.717) is 28.6 Å². The molecule has 0 spiro atoms. The van der Waals surface area contributed by atoms with E-state index in [2.05, 4.69) is 5.92 Å². The molecule has 26 heavy (non-hydrogen) atoms. The van der Waals surface area contributed by atoms with E-state index in [1.165, 1.54) is 24.3 Å². The lowest BCUT2D eigenvalue weighted by Crippen LogP contribution is -1.91. The van der Waals surface area contributed by atoms with Crippen molar-refractivity contribution in [2.24, 2.45) is 0 Å². The number of hydrogen-bond acceptors (Lipinski definition) is 6. The monoisotopic (exact) mass is 348 g/mol. The van der Waals surface area contributed by atoms with Crippen LogP contribution in [0.1, 0.15) is 5.56 Å². The first kappa shape index (κ1) is 16.9. The van der Waals surface area contributed by atoms with E-state index < -0.39 is 0 Å². The van der Waals surface area contributed by atoms with E-state index in [0.717, 1.165) is 0 Å². The number of anilines is 2. The molecule has 3 aromatic carbocycles. The Morgan fingerprint density at radius 1 is 0.692 bits per heavy atom. The van der Waals surface area contributed by atoms with Crippen molar-refractivity contribution in [3.63, 3.8) is 0 Å². The lowest BCUT2D eigenvalue weighted by molar-refractivity contribution is 0.445. The van der Waals surface area contributed by atoms with E-state index in [1.54, 1.807) is 30.3 Å². The summed E-state index contributed by atoms with van der Waals surface area (Å²) < 4.78 is 11.4. The minimum absolute atomic E-state index is 0.0792. The summed E-state index contributed by atoms with van der Waals surface area (Å²) in [6.07, 6.45) is 5.49. The van der Waals surface area contributed by atoms with Gasteiger partial charge in [0.25, 0.3) is 0 Å². The highest BCUT2D eigenvalue weighted by molar-refractivity contribution is 5.57. The molecule has 0 bridgehead atoms. The minimum Gasteiger partial charge on any atom is -0.506 e. The highest BCUT2D eigenvalue weighted by Gasteiger charge is 2.08. The average molecular weight is 348 g/mol. The summed E-state index contributed by atoms with van der Waals surface area (Å²) in [6.45, 7) is 0. The number of nitrogen functional groups attached to an aromatic ring is 2. The second-order valence-electron chi connectivity index (χ2n) is 5.48. The van der Waals surface area contributed by atoms with Crippen LogP contribution in [0.15, 0.2) is 54.6 Å². The number of nitrogens with two attached hydrogens (primary N) is 2. The molecule has 6 heteroatoms. The van der Waals surface area contributed by atoms with Crippen LogP contribution < -0.4 is 20.9 Å². The van der Waals surface area contributed by atoms with Crippen LogP contribution in [0.2, 0.25) is 0 Å². The predicted octanol–water partition coefficient (Wildman–Crippen LogP) is 3.83. The molecule has 6 N–H and O–H groups in total. The second-order valence-corrected chi connectivity index (χ2v) is 5.48. The van der Waals surface area contributed by atoms with Crippen molar-refractivity contribution in [2.45, 2.75) is 0 Å². The Morgan fingerprint density at radius 3 is 1.54 bits per heavy atom. The molecule has 6 nitrogen and oxygen atoms in total. The molecule has 0 amide bonds. The van der Waals surface area contributed by atoms with Crippen LogP contribution in [0.4, 0.5) is 11.4 Å². The number of hydrogen-bond donors (Lipinski definition) is 4. The zero-order valence-corrected chi connectivity index (χ0v) is 13.6. The smallest absolute Gasteiger partial charge is 0.142 e. The third-order valence-electron chi connectivity index (χ3n) is 3.52. The van der Waals surface area contributed by atoms with Crippen LogP contribution in [0.25, 0.3) is 0 Å². The molecule has 0 saturated heterocycles. The first-order valence-corrected chi connectivity index (χ1v) is 7.59. The highest BCUT2D eigenvalue weighted by atomic mass is 16.5. The van der Waals surface area contributed by atoms with Crippen molar-refractivity contribution in [3.8, 4) is 46.8 Å². The molecule has 0 aliphatic heterocycles. The Morgan fingerprint density at radius 2 is 1.15 bits per heavy atom. The van der Waals surface area contributed by atoms with Crippen molar-refractivity contribution in [1.29, 1.82) is 0 Å². The summed E-state index contributed by atoms with van der Waals surface area (Å²) in [5.41, 5.74) is 12.2. The van der Waals surface area contributed by atoms with Crippen LogP contribution in [0, 0.1) is 12.3 Å². The van der Waals surface area contributed by atoms with Gasteiger partial charge in [0.15, 0.2) is 0 Å². The van der Waals surface area contributed by atoms with E-state index in [4.69, 9.17) is 27.4 Å². The van der Waals surface area contributed by atoms with Crippen molar-refractivity contribution < 1.29 is 19.7 Å². The molecule has 0 unspecified atom stereocenters. The van der Waals surface area contributed by atoms with E-state index in [9.17, 15) is 10.2 Å². The fourth-order valence-corrected chi connectivity index (χ4v) is 2.22. The maximum absolute atomic E-state index is 9.68. The van der Waals surface area contributed by atoms with E-state index in [-0.39, 0.29) is 22.9 Å². The molecule has 3 aromatic rings. The van der Waals surface area contributed by atoms with Crippen LogP contribution in [0.5, 0.6) is 34.5 Å². The van der Waals surface area contributed by atoms with Gasteiger partial charge < -0.3 is 31.2 Å². The van der Waals surface area contributed by atoms with Gasteiger partial charge in [-0.15, -0.1) is 6.42 Å². The Labute approximate surface area is 150 Å². The predicted molar refractivity (Wildman–Crippen MR) is 99.6 cm³/mol. The van der Waals surface area contributed by atoms with Crippen LogP contribution in [-0.2, 0) is 0 Å². The topological polar surface area (TPSA) is 111 Å². The van der Waals surface area contributed by atoms with Gasteiger partial charge in [0, 0.05) is 23.8 Å². The number of terminal acetylenes is 1. The molecule has 0 atom stereocenters. The van der Waals surface area contributed by atoms with Crippen molar-refractivity contribution in [3.05, 3.63) is 60.2 Å². The lowest BCUT2D eigenvalue weighted by atomic mass is 10.2. The molecule has 3 rings (SSSR count). The van der Waals surface area contributed by atoms with Gasteiger partial charge in [-0.1, -0.05) is 5.92 Å². The van der Waals surface area contributed by atoms with Gasteiger partial charge >= 0.3 is 0 Å². The first-order chi connectivity index (χ1) is 12.4. The summed E-state index contributed by atoms with van der Waals surface area (Å²) in [4.78, 5) is 0. The molecule has 0 aliphatic carbocycles. The molecule has 0 heterocycles. The van der Waals surface area contributed by atoms with Crippen molar-refractivity contribution in [2.75, 3.05) is 11.5 Å². The summed E-state index contributed by atoms with van der Waals surface area (Å²) in [5.74, 6) is 3.98. The number of rotatable bonds is 4. The Bertz CT molecular complexity index is 937. The number of phenolic OH excluding ortho intramolecular Hbond substituents is 2. The number of benzene rings is 3. The summed E-state index contributed by atoms with van der Waals surface area (Å²) in [5, 5.41) is 19.4. The molecular weight excluding hydrogens is 332 g/mol. The molecular formula is C20H16N2O4. The highest BCUT2D eigenvalue weighted by Crippen LogP contribution is 2.34. The van der Waals surface area contributed by atoms with Crippen molar-refractivity contribution in [1.82, 2.24) is 0 Å². The quantitative estimate of drug-likeness (QED) is 0.324. The van der Waals surface area contributed by atoms with Crippen molar-refractivity contribution >= 4 is 11.4 Å². The summed E-state index contributed by atoms with van der Waals surface area (Å²) in [7, 11) is 0. The maximum Gasteiger partial charge on any atom is 0.142 e. The van der Waals surface area contributed by atoms with Gasteiger partial charge in [0.1, 0.15) is 34.5 Å². The minimum atomic E-state index is -0.0792. The summed E-state index contributed by atoms with van der Waals surface area (Å²) in [6, 6.07) is 14.0. The maximum atomic E-state index is 9.68. The summed E-state index contributed by atoms with van der Waals surface area (Å²) >= 11 is 0. The third-order valence-corrected chi connectivity index (χ3v) is 3.52. The molecule has 130 valence electrons. The Balaban J connectivity index is 1.89. The van der Waals surface area contributed by atoms with Gasteiger partial charge in [-0.05, 0) is 36.4 Å². The van der Waals surface area contributed by atoms with E-state index in [1.807, 2.05) is 0 Å². The fourth-order valence-electron chi connectivity index (χ4n) is 2.22. The molecule has 0 radical (unpaired) electrons. The Kier molecular flexibility index (Phi) is 4.46. The van der Waals surface area contributed by atoms with Gasteiger partial charge in [-0.2, -0.15) is 0 Å². The fraction of sp³-hybridized carbons (Fsp3) is 0. The number of ether oxygens (including phenoxy) is 2. The van der Waals surface area contributed by atoms with Gasteiger partial charge in [0.2, 0.25) is 0 Å². The standard InChI is InChI=1S/C20H16N2O4/c1-2-12-7-15(25-13-3-5-17(21)19(23)10-13)9-16(8-12)26-14-4-6-18(22)20(24)11-14/h1,3-11,23-24H,21-22H2. The zero-order chi connectivity index (χ0) is 18.7. The molecule has 0 fully saturated rings. The van der Waals surface area contributed by atoms with Crippen LogP contribution in [0.3, 0.4) is 0 Å². The number of phenols is 2. The third kappa shape index (κ3) is 3.74. The molecule has 0 saturated carbocycles. The lowest BCUT2D eigenvalue weighted by Gasteiger charge is -2.11.